The van der Waals surface area contributed by atoms with Crippen molar-refractivity contribution in [2.75, 3.05) is 37.7 Å². The third-order valence-corrected chi connectivity index (χ3v) is 20.8. The molecule has 4 aromatic rings. The van der Waals surface area contributed by atoms with Gasteiger partial charge in [0.15, 0.2) is 5.96 Å². The summed E-state index contributed by atoms with van der Waals surface area (Å²) in [6, 6.07) is -9.87. The Morgan fingerprint density at radius 3 is 1.95 bits per heavy atom. The molecule has 2 aromatic carbocycles. The van der Waals surface area contributed by atoms with Crippen molar-refractivity contribution < 1.29 is 97.1 Å². The number of carboxylic acids is 2. The highest BCUT2D eigenvalue weighted by molar-refractivity contribution is 8.76. The smallest absolute Gasteiger partial charge is 0.326 e. The molecule has 27 N–H and O–H groups in total. The largest absolute Gasteiger partial charge is 0.508 e. The number of aromatic amines is 1. The third-order valence-electron chi connectivity index (χ3n) is 18.4. The fourth-order valence-electron chi connectivity index (χ4n) is 12.4. The first-order valence-corrected chi connectivity index (χ1v) is 38.6. The lowest BCUT2D eigenvalue weighted by atomic mass is 10.0. The van der Waals surface area contributed by atoms with Crippen LogP contribution in [-0.4, -0.2) is 262 Å². The maximum atomic E-state index is 15.3. The molecule has 0 aliphatic carbocycles. The second-order valence-electron chi connectivity index (χ2n) is 27.0. The number of aliphatic hydroxyl groups is 1. The molecular formula is C68H95N23O20S2. The Balaban J connectivity index is 1.40. The Bertz CT molecular complexity index is 4130. The van der Waals surface area contributed by atoms with Crippen LogP contribution in [0.3, 0.4) is 0 Å². The first-order valence-electron chi connectivity index (χ1n) is 36.1. The lowest BCUT2D eigenvalue weighted by Gasteiger charge is -2.31. The number of aromatic hydroxyl groups is 1. The van der Waals surface area contributed by atoms with Gasteiger partial charge in [0.05, 0.1) is 24.8 Å². The van der Waals surface area contributed by atoms with Gasteiger partial charge in [-0.25, -0.2) is 9.59 Å². The molecule has 0 saturated carbocycles. The molecule has 43 nitrogen and oxygen atoms in total. The van der Waals surface area contributed by atoms with Crippen LogP contribution >= 0.6 is 21.6 Å². The second kappa shape index (κ2) is 43.1. The van der Waals surface area contributed by atoms with Crippen molar-refractivity contribution in [3.8, 4) is 5.75 Å². The number of phenolic OH excluding ortho intramolecular Hbond substituents is 1. The molecule has 3 aliphatic heterocycles. The number of hydrogen-bond donors (Lipinski definition) is 23. The highest BCUT2D eigenvalue weighted by atomic mass is 33.1. The average molecular weight is 1620 g/mol. The van der Waals surface area contributed by atoms with Gasteiger partial charge in [-0.3, -0.25) is 77.2 Å². The second-order valence-corrected chi connectivity index (χ2v) is 29.5. The highest BCUT2D eigenvalue weighted by Crippen LogP contribution is 2.26. The van der Waals surface area contributed by atoms with Crippen LogP contribution in [0.1, 0.15) is 94.4 Å². The van der Waals surface area contributed by atoms with Crippen molar-refractivity contribution in [2.45, 2.75) is 182 Å². The van der Waals surface area contributed by atoms with Crippen LogP contribution in [0.2, 0.25) is 0 Å². The van der Waals surface area contributed by atoms with Gasteiger partial charge in [0.1, 0.15) is 78.3 Å². The zero-order chi connectivity index (χ0) is 82.6. The van der Waals surface area contributed by atoms with Crippen molar-refractivity contribution in [3.05, 3.63) is 77.7 Å². The summed E-state index contributed by atoms with van der Waals surface area (Å²) >= 11 is 0. The quantitative estimate of drug-likeness (QED) is 0.0142. The van der Waals surface area contributed by atoms with E-state index in [1.54, 1.807) is 24.3 Å². The van der Waals surface area contributed by atoms with Gasteiger partial charge in [-0.1, -0.05) is 57.1 Å². The van der Waals surface area contributed by atoms with Gasteiger partial charge in [0, 0.05) is 80.2 Å². The minimum absolute atomic E-state index is 0.0250. The number of fused-ring (bicyclic) bond motifs is 12. The van der Waals surface area contributed by atoms with Crippen LogP contribution in [0.5, 0.6) is 5.75 Å². The molecule has 2 saturated heterocycles. The number of aryl methyl sites for hydroxylation is 2. The van der Waals surface area contributed by atoms with Gasteiger partial charge < -0.3 is 122 Å². The fraction of sp³-hybridized carbons (Fsp3) is 0.515. The van der Waals surface area contributed by atoms with Gasteiger partial charge in [0.2, 0.25) is 76.8 Å². The molecule has 113 heavy (non-hydrogen) atoms. The number of urea groups is 1. The molecular weight excluding hydrogens is 1520 g/mol. The molecule has 2 unspecified atom stereocenters. The van der Waals surface area contributed by atoms with Gasteiger partial charge in [-0.05, 0) is 100 Å². The molecule has 614 valence electrons. The molecule has 45 heteroatoms. The van der Waals surface area contributed by atoms with Crippen molar-refractivity contribution in [1.29, 1.82) is 5.41 Å². The normalized spacial score (nSPS) is 23.8. The topological polar surface area (TPSA) is 688 Å². The van der Waals surface area contributed by atoms with Crippen LogP contribution in [0.25, 0.3) is 10.9 Å². The molecule has 0 spiro atoms. The summed E-state index contributed by atoms with van der Waals surface area (Å²) in [5.74, 6) is -19.0. The number of para-hydroxylation sites is 1. The zero-order valence-electron chi connectivity index (χ0n) is 61.4. The lowest BCUT2D eigenvalue weighted by Crippen LogP contribution is -2.62. The Hall–Kier alpha value is -11.9. The van der Waals surface area contributed by atoms with Crippen LogP contribution in [-0.2, 0) is 97.7 Å². The van der Waals surface area contributed by atoms with E-state index in [-0.39, 0.29) is 95.4 Å². The molecule has 3 aliphatic rings. The molecule has 7 rings (SSSR count). The SMILES string of the molecule is C[C@@H](O)[C@@H]1NC(=O)[C@@H]2CCc3cn(nn3)CC[C@H](C(=O)N[C@@H](Cc3ccc(O)cc3)C(=O)O)NC(=O)[C@H](CCC(N)=O)NC(=O)[C@H](Cc3c[nH]c4ccccc34)NC(=O)[C@H](CCCNC(N)=O)NC(=O)C(CSSCC(NC(=O)CN)C(=O)N2)NC(=O)[C@H](CCCNC(=N)N)NC(=O)[C@@H]2CCCN2C(=O)[C@H](CC(=O)O)NC1=O. The van der Waals surface area contributed by atoms with Crippen LogP contribution in [0.4, 0.5) is 4.79 Å². The van der Waals surface area contributed by atoms with E-state index in [2.05, 4.69) is 84.4 Å². The van der Waals surface area contributed by atoms with E-state index >= 15 is 19.2 Å². The standard InChI is InChI=1S/C68H95N23O20S2/c1-33(92)54-64(107)84-46(27-53(96)97)65(108)91-23-6-11-50(91)63(106)82-41(9-4-21-74-67(71)72)56(99)86-49-32-113-112-31-48(77-52(95)28-69)61(104)80-42(59(102)87-54)17-14-36-30-90(89-88-36)24-20-44(58(101)85-47(66(109)110)25-34-12-15-37(93)16-13-34)81-57(100)43(18-19-51(70)94)79-60(103)45(26-35-29-76-39-8-3-2-7-38(35)39)83-55(98)40(78-62(49)105)10-5-22-75-68(73)111/h2-3,7-8,12-13,15-16,29-30,33,40-50,54,76,92-93H,4-6,9-11,14,17-28,31-32,69H2,1H3,(H2,70,94)(H,77,95)(H,78,105)(H,79,103)(H,80,104)(H,81,100)(H,82,106)(H,83,98)(H,84,107)(H,85,101)(H,86,99)(H,87,102)(H,96,97)(H,109,110)(H4,71,72,74)(H3,73,75,111)/t33-,40+,41+,42+,43+,44-,45+,46+,47+,48?,49?,50+,54+/m1/s1. The fourth-order valence-corrected chi connectivity index (χ4v) is 14.7. The number of amides is 15. The molecule has 13 atom stereocenters. The Labute approximate surface area is 653 Å². The number of benzene rings is 2. The van der Waals surface area contributed by atoms with Crippen LogP contribution < -0.4 is 92.1 Å². The van der Waals surface area contributed by atoms with E-state index in [1.165, 1.54) is 41.3 Å². The molecule has 2 fully saturated rings. The minimum atomic E-state index is -2.04. The number of hydrogen-bond acceptors (Lipinski definition) is 24. The Kier molecular flexibility index (Phi) is 33.7. The van der Waals surface area contributed by atoms with Crippen LogP contribution in [0, 0.1) is 5.41 Å². The summed E-state index contributed by atoms with van der Waals surface area (Å²) in [5.41, 5.74) is 23.7. The monoisotopic (exact) mass is 1620 g/mol. The number of carbonyl (C=O) groups is 16. The van der Waals surface area contributed by atoms with Crippen molar-refractivity contribution in [3.63, 3.8) is 0 Å². The Morgan fingerprint density at radius 1 is 0.673 bits per heavy atom. The number of nitrogens with two attached hydrogens (primary N) is 4. The van der Waals surface area contributed by atoms with E-state index < -0.39 is 229 Å². The summed E-state index contributed by atoms with van der Waals surface area (Å²) in [7, 11) is 1.63. The van der Waals surface area contributed by atoms with Crippen molar-refractivity contribution in [2.24, 2.45) is 22.9 Å². The Morgan fingerprint density at radius 2 is 1.28 bits per heavy atom. The number of aliphatic hydroxyl groups excluding tert-OH is 1. The van der Waals surface area contributed by atoms with Gasteiger partial charge in [-0.2, -0.15) is 0 Å². The van der Waals surface area contributed by atoms with Crippen molar-refractivity contribution in [1.82, 2.24) is 94.0 Å². The number of aromatic nitrogens is 4. The van der Waals surface area contributed by atoms with E-state index in [9.17, 15) is 78.0 Å². The number of aliphatic carboxylic acids is 2. The summed E-state index contributed by atoms with van der Waals surface area (Å²) < 4.78 is 1.17. The predicted molar refractivity (Wildman–Crippen MR) is 403 cm³/mol. The van der Waals surface area contributed by atoms with E-state index in [1.807, 2.05) is 0 Å². The van der Waals surface area contributed by atoms with E-state index in [0.29, 0.717) is 22.0 Å². The van der Waals surface area contributed by atoms with E-state index in [4.69, 9.17) is 28.3 Å². The van der Waals surface area contributed by atoms with Gasteiger partial charge in [-0.15, -0.1) is 5.10 Å². The first-order chi connectivity index (χ1) is 53.8. The number of nitrogens with zero attached hydrogens (tertiary/aromatic N) is 4. The average Bonchev–Trinajstić information content (AvgIpc) is 1.71. The number of nitrogens with one attached hydrogen (secondary N) is 15. The molecule has 2 aromatic heterocycles. The van der Waals surface area contributed by atoms with Gasteiger partial charge in [0.25, 0.3) is 0 Å². The van der Waals surface area contributed by atoms with E-state index in [0.717, 1.165) is 33.4 Å². The zero-order valence-corrected chi connectivity index (χ0v) is 63.0. The maximum Gasteiger partial charge on any atom is 0.326 e. The molecule has 0 radical (unpaired) electrons. The highest BCUT2D eigenvalue weighted by Gasteiger charge is 2.43. The summed E-state index contributed by atoms with van der Waals surface area (Å²) in [6.07, 6.45) is -4.01. The number of carbonyl (C=O) groups excluding carboxylic acids is 14. The van der Waals surface area contributed by atoms with Crippen LogP contribution in [0.15, 0.2) is 60.9 Å². The molecule has 4 bridgehead atoms. The third kappa shape index (κ3) is 27.5. The number of carboxylic acid groups (broad SMARTS) is 2. The summed E-state index contributed by atoms with van der Waals surface area (Å²) in [6.45, 7) is -0.451. The number of guanidine groups is 1. The summed E-state index contributed by atoms with van der Waals surface area (Å²) in [5, 5.41) is 90.9. The van der Waals surface area contributed by atoms with Gasteiger partial charge >= 0.3 is 18.0 Å². The molecule has 5 heterocycles. The molecule has 15 amide bonds. The lowest BCUT2D eigenvalue weighted by molar-refractivity contribution is -0.146. The number of primary amides is 2. The summed E-state index contributed by atoms with van der Waals surface area (Å²) in [4.78, 5) is 231. The minimum Gasteiger partial charge on any atom is -0.508 e. The number of rotatable bonds is 23. The maximum absolute atomic E-state index is 15.3. The number of phenols is 1. The van der Waals surface area contributed by atoms with Crippen molar-refractivity contribution >= 4 is 133 Å². The number of H-pyrrole nitrogens is 1. The predicted octanol–water partition coefficient (Wildman–Crippen LogP) is -7.12. The first kappa shape index (κ1) is 88.3.